The molecule has 0 fully saturated rings. The number of rotatable bonds is 3. The summed E-state index contributed by atoms with van der Waals surface area (Å²) in [5.74, 6) is 1.21. The minimum absolute atomic E-state index is 0.236. The van der Waals surface area contributed by atoms with Crippen LogP contribution in [0.4, 0.5) is 5.69 Å². The number of aromatic nitrogens is 1. The second-order valence-corrected chi connectivity index (χ2v) is 11.8. The van der Waals surface area contributed by atoms with E-state index >= 15 is 0 Å². The standard InChI is InChI=1S/C38H28N2S/c1-24(26-14-4-3-5-15-26)27-16-8-11-21-32(27)39-25(2)40-33-22-12-9-19-30(33)35-28-17-6-7-18-29(28)36-31-20-10-13-23-34(31)41-38(36)37(35)40/h3-24H,1-2H3. The number of hydrogen-bond donors (Lipinski definition) is 0. The molecule has 3 heteroatoms. The van der Waals surface area contributed by atoms with Gasteiger partial charge >= 0.3 is 0 Å². The van der Waals surface area contributed by atoms with Gasteiger partial charge in [-0.25, -0.2) is 4.99 Å². The summed E-state index contributed by atoms with van der Waals surface area (Å²) in [5.41, 5.74) is 5.98. The van der Waals surface area contributed by atoms with Crippen LogP contribution in [-0.2, 0) is 0 Å². The first kappa shape index (κ1) is 24.1. The Hall–Kier alpha value is -4.73. The van der Waals surface area contributed by atoms with Crippen molar-refractivity contribution in [3.05, 3.63) is 139 Å². The summed E-state index contributed by atoms with van der Waals surface area (Å²) in [5, 5.41) is 7.82. The first-order valence-electron chi connectivity index (χ1n) is 14.2. The highest BCUT2D eigenvalue weighted by Crippen LogP contribution is 2.47. The van der Waals surface area contributed by atoms with Crippen LogP contribution in [0.15, 0.2) is 132 Å². The lowest BCUT2D eigenvalue weighted by molar-refractivity contribution is 0.921. The van der Waals surface area contributed by atoms with Crippen LogP contribution >= 0.6 is 11.3 Å². The molecule has 2 nitrogen and oxygen atoms in total. The van der Waals surface area contributed by atoms with E-state index in [2.05, 4.69) is 146 Å². The van der Waals surface area contributed by atoms with Gasteiger partial charge in [0.25, 0.3) is 0 Å². The molecule has 1 unspecified atom stereocenters. The van der Waals surface area contributed by atoms with Gasteiger partial charge in [0.05, 0.1) is 21.4 Å². The van der Waals surface area contributed by atoms with E-state index in [4.69, 9.17) is 4.99 Å². The summed E-state index contributed by atoms with van der Waals surface area (Å²) in [6, 6.07) is 45.8. The molecule has 8 aromatic rings. The second-order valence-electron chi connectivity index (χ2n) is 10.8. The molecule has 0 saturated heterocycles. The van der Waals surface area contributed by atoms with Crippen molar-refractivity contribution in [1.82, 2.24) is 4.57 Å². The highest BCUT2D eigenvalue weighted by molar-refractivity contribution is 7.27. The topological polar surface area (TPSA) is 17.3 Å². The van der Waals surface area contributed by atoms with Crippen LogP contribution in [0.25, 0.3) is 52.8 Å². The molecule has 1 atom stereocenters. The number of aliphatic imine (C=N–C) groups is 1. The van der Waals surface area contributed by atoms with Gasteiger partial charge in [-0.2, -0.15) is 0 Å². The van der Waals surface area contributed by atoms with Crippen molar-refractivity contribution in [1.29, 1.82) is 0 Å². The van der Waals surface area contributed by atoms with E-state index in [1.807, 2.05) is 11.3 Å². The highest BCUT2D eigenvalue weighted by atomic mass is 32.1. The summed E-state index contributed by atoms with van der Waals surface area (Å²) < 4.78 is 5.03. The first-order chi connectivity index (χ1) is 20.2. The summed E-state index contributed by atoms with van der Waals surface area (Å²) in [6.07, 6.45) is 0. The van der Waals surface area contributed by atoms with Gasteiger partial charge in [0.1, 0.15) is 5.84 Å². The number of benzene rings is 6. The van der Waals surface area contributed by atoms with Gasteiger partial charge in [-0.3, -0.25) is 4.57 Å². The van der Waals surface area contributed by atoms with Crippen molar-refractivity contribution in [2.24, 2.45) is 4.99 Å². The molecular formula is C38H28N2S. The molecule has 41 heavy (non-hydrogen) atoms. The van der Waals surface area contributed by atoms with Gasteiger partial charge < -0.3 is 0 Å². The Morgan fingerprint density at radius 1 is 0.634 bits per heavy atom. The lowest BCUT2D eigenvalue weighted by Crippen LogP contribution is -2.07. The van der Waals surface area contributed by atoms with Crippen LogP contribution in [0.5, 0.6) is 0 Å². The Balaban J connectivity index is 1.47. The van der Waals surface area contributed by atoms with Gasteiger partial charge in [0.15, 0.2) is 0 Å². The molecule has 2 aromatic heterocycles. The van der Waals surface area contributed by atoms with Crippen molar-refractivity contribution in [2.45, 2.75) is 19.8 Å². The summed E-state index contributed by atoms with van der Waals surface area (Å²) in [4.78, 5) is 5.37. The van der Waals surface area contributed by atoms with Gasteiger partial charge in [-0.15, -0.1) is 11.3 Å². The van der Waals surface area contributed by atoms with E-state index in [-0.39, 0.29) is 5.92 Å². The normalized spacial score (nSPS) is 13.2. The van der Waals surface area contributed by atoms with Crippen LogP contribution in [0.3, 0.4) is 0 Å². The average molecular weight is 545 g/mol. The predicted octanol–water partition coefficient (Wildman–Crippen LogP) is 11.1. The van der Waals surface area contributed by atoms with E-state index in [9.17, 15) is 0 Å². The maximum Gasteiger partial charge on any atom is 0.111 e. The minimum atomic E-state index is 0.236. The van der Waals surface area contributed by atoms with Gasteiger partial charge in [0, 0.05) is 32.2 Å². The number of para-hydroxylation sites is 2. The third-order valence-electron chi connectivity index (χ3n) is 8.46. The molecule has 0 radical (unpaired) electrons. The van der Waals surface area contributed by atoms with Gasteiger partial charge in [-0.1, -0.05) is 116 Å². The lowest BCUT2D eigenvalue weighted by atomic mass is 9.92. The third-order valence-corrected chi connectivity index (χ3v) is 9.64. The van der Waals surface area contributed by atoms with E-state index in [1.165, 1.54) is 63.9 Å². The molecule has 2 heterocycles. The Morgan fingerprint density at radius 2 is 1.24 bits per heavy atom. The molecule has 0 saturated carbocycles. The molecule has 0 aliphatic heterocycles. The smallest absolute Gasteiger partial charge is 0.111 e. The molecule has 0 amide bonds. The van der Waals surface area contributed by atoms with E-state index in [0.717, 1.165) is 11.5 Å². The Labute approximate surface area is 242 Å². The van der Waals surface area contributed by atoms with Crippen molar-refractivity contribution in [2.75, 3.05) is 0 Å². The second kappa shape index (κ2) is 9.43. The SMILES string of the molecule is CC(=Nc1ccccc1C(C)c1ccccc1)n1c2ccccc2c2c3ccccc3c3c4ccccc4sc3c21. The van der Waals surface area contributed by atoms with Crippen molar-refractivity contribution in [3.63, 3.8) is 0 Å². The van der Waals surface area contributed by atoms with Gasteiger partial charge in [-0.05, 0) is 47.0 Å². The zero-order valence-corrected chi connectivity index (χ0v) is 23.8. The third kappa shape index (κ3) is 3.66. The van der Waals surface area contributed by atoms with Crippen LogP contribution in [0.2, 0.25) is 0 Å². The van der Waals surface area contributed by atoms with E-state index < -0.39 is 0 Å². The van der Waals surface area contributed by atoms with Crippen LogP contribution < -0.4 is 0 Å². The van der Waals surface area contributed by atoms with Crippen molar-refractivity contribution >= 4 is 75.6 Å². The molecule has 0 aliphatic rings. The quantitative estimate of drug-likeness (QED) is 0.155. The average Bonchev–Trinajstić information content (AvgIpc) is 3.58. The summed E-state index contributed by atoms with van der Waals surface area (Å²) >= 11 is 1.89. The number of thiophene rings is 1. The van der Waals surface area contributed by atoms with Crippen LogP contribution in [-0.4, -0.2) is 10.4 Å². The maximum atomic E-state index is 5.37. The Morgan fingerprint density at radius 3 is 2.05 bits per heavy atom. The fraction of sp³-hybridized carbons (Fsp3) is 0.0789. The molecule has 0 aliphatic carbocycles. The number of fused-ring (bicyclic) bond motifs is 10. The number of nitrogens with zero attached hydrogens (tertiary/aromatic N) is 2. The maximum absolute atomic E-state index is 5.37. The lowest BCUT2D eigenvalue weighted by Gasteiger charge is -2.16. The minimum Gasteiger partial charge on any atom is -0.296 e. The molecule has 8 rings (SSSR count). The zero-order valence-electron chi connectivity index (χ0n) is 23.0. The first-order valence-corrected chi connectivity index (χ1v) is 15.0. The van der Waals surface area contributed by atoms with Crippen molar-refractivity contribution < 1.29 is 0 Å². The fourth-order valence-corrected chi connectivity index (χ4v) is 7.82. The fourth-order valence-electron chi connectivity index (χ4n) is 6.56. The summed E-state index contributed by atoms with van der Waals surface area (Å²) in [7, 11) is 0. The molecular weight excluding hydrogens is 516 g/mol. The Bertz CT molecular complexity index is 2290. The molecule has 0 spiro atoms. The Kier molecular flexibility index (Phi) is 5.54. The monoisotopic (exact) mass is 544 g/mol. The molecule has 0 N–H and O–H groups in total. The van der Waals surface area contributed by atoms with E-state index in [1.54, 1.807) is 0 Å². The molecule has 196 valence electrons. The molecule has 6 aromatic carbocycles. The van der Waals surface area contributed by atoms with Crippen LogP contribution in [0, 0.1) is 0 Å². The van der Waals surface area contributed by atoms with Gasteiger partial charge in [0.2, 0.25) is 0 Å². The zero-order chi connectivity index (χ0) is 27.5. The number of hydrogen-bond acceptors (Lipinski definition) is 2. The highest BCUT2D eigenvalue weighted by Gasteiger charge is 2.22. The molecule has 0 bridgehead atoms. The van der Waals surface area contributed by atoms with E-state index in [0.29, 0.717) is 0 Å². The summed E-state index contributed by atoms with van der Waals surface area (Å²) in [6.45, 7) is 4.43. The van der Waals surface area contributed by atoms with Crippen molar-refractivity contribution in [3.8, 4) is 0 Å². The predicted molar refractivity (Wildman–Crippen MR) is 178 cm³/mol. The van der Waals surface area contributed by atoms with Crippen LogP contribution in [0.1, 0.15) is 30.9 Å². The largest absolute Gasteiger partial charge is 0.296 e.